The molecule has 1 aromatic carbocycles. The number of rotatable bonds is 6. The fourth-order valence-electron chi connectivity index (χ4n) is 3.21. The van der Waals surface area contributed by atoms with E-state index in [-0.39, 0.29) is 11.9 Å². The second-order valence-electron chi connectivity index (χ2n) is 6.75. The number of amides is 1. The van der Waals surface area contributed by atoms with Gasteiger partial charge in [-0.3, -0.25) is 9.20 Å². The summed E-state index contributed by atoms with van der Waals surface area (Å²) in [6.45, 7) is 2.72. The first-order chi connectivity index (χ1) is 13.1. The van der Waals surface area contributed by atoms with E-state index in [2.05, 4.69) is 46.4 Å². The number of hydrogen-bond acceptors (Lipinski definition) is 5. The highest BCUT2D eigenvalue weighted by atomic mass is 32.1. The Morgan fingerprint density at radius 1 is 1.30 bits per heavy atom. The zero-order valence-electron chi connectivity index (χ0n) is 15.6. The van der Waals surface area contributed by atoms with Crippen molar-refractivity contribution in [1.29, 1.82) is 0 Å². The first-order valence-corrected chi connectivity index (χ1v) is 10.6. The summed E-state index contributed by atoms with van der Waals surface area (Å²) in [4.78, 5) is 22.0. The van der Waals surface area contributed by atoms with Gasteiger partial charge in [0.25, 0.3) is 5.91 Å². The molecule has 4 rings (SSSR count). The van der Waals surface area contributed by atoms with E-state index in [1.54, 1.807) is 11.3 Å². The molecule has 0 fully saturated rings. The van der Waals surface area contributed by atoms with Gasteiger partial charge in [-0.25, -0.2) is 4.98 Å². The molecule has 0 bridgehead atoms. The standard InChI is InChI=1S/C20H22N4OS2/c1-4-13-5-7-14(8-6-13)16(23(2)3)12-21-18(25)17-11-15-19(27-17)22-20-24(15)9-10-26-20/h5-11,16H,4,12H2,1-3H3,(H,21,25). The van der Waals surface area contributed by atoms with Crippen LogP contribution in [-0.4, -0.2) is 40.8 Å². The molecule has 3 aromatic heterocycles. The van der Waals surface area contributed by atoms with Gasteiger partial charge in [-0.1, -0.05) is 31.2 Å². The third-order valence-electron chi connectivity index (χ3n) is 4.82. The zero-order valence-corrected chi connectivity index (χ0v) is 17.2. The van der Waals surface area contributed by atoms with E-state index < -0.39 is 0 Å². The fraction of sp³-hybridized carbons (Fsp3) is 0.300. The number of nitrogens with zero attached hydrogens (tertiary/aromatic N) is 3. The van der Waals surface area contributed by atoms with Crippen molar-refractivity contribution in [3.05, 3.63) is 57.9 Å². The molecule has 5 nitrogen and oxygen atoms in total. The molecule has 0 spiro atoms. The van der Waals surface area contributed by atoms with Crippen LogP contribution in [0.1, 0.15) is 33.8 Å². The Labute approximate surface area is 166 Å². The predicted molar refractivity (Wildman–Crippen MR) is 113 cm³/mol. The predicted octanol–water partition coefficient (Wildman–Crippen LogP) is 4.21. The molecule has 0 radical (unpaired) electrons. The number of benzene rings is 1. The van der Waals surface area contributed by atoms with E-state index in [4.69, 9.17) is 0 Å². The highest BCUT2D eigenvalue weighted by Crippen LogP contribution is 2.28. The topological polar surface area (TPSA) is 49.6 Å². The molecule has 0 saturated heterocycles. The molecule has 0 aliphatic carbocycles. The van der Waals surface area contributed by atoms with E-state index >= 15 is 0 Å². The summed E-state index contributed by atoms with van der Waals surface area (Å²) in [7, 11) is 4.08. The number of nitrogens with one attached hydrogen (secondary N) is 1. The van der Waals surface area contributed by atoms with Crippen molar-refractivity contribution in [3.8, 4) is 0 Å². The molecule has 140 valence electrons. The molecular weight excluding hydrogens is 376 g/mol. The zero-order chi connectivity index (χ0) is 19.0. The maximum Gasteiger partial charge on any atom is 0.261 e. The van der Waals surface area contributed by atoms with Crippen LogP contribution < -0.4 is 5.32 Å². The first kappa shape index (κ1) is 18.2. The van der Waals surface area contributed by atoms with Gasteiger partial charge in [0.1, 0.15) is 4.83 Å². The number of thiazole rings is 1. The summed E-state index contributed by atoms with van der Waals surface area (Å²) in [5.74, 6) is -0.0426. The smallest absolute Gasteiger partial charge is 0.261 e. The maximum atomic E-state index is 12.7. The van der Waals surface area contributed by atoms with Gasteiger partial charge in [-0.05, 0) is 37.7 Å². The van der Waals surface area contributed by atoms with Crippen LogP contribution in [0.15, 0.2) is 41.9 Å². The molecule has 27 heavy (non-hydrogen) atoms. The van der Waals surface area contributed by atoms with Gasteiger partial charge in [0.05, 0.1) is 16.4 Å². The molecule has 0 aliphatic heterocycles. The normalized spacial score (nSPS) is 12.9. The van der Waals surface area contributed by atoms with Crippen LogP contribution in [0.5, 0.6) is 0 Å². The average molecular weight is 399 g/mol. The van der Waals surface area contributed by atoms with Crippen LogP contribution in [0, 0.1) is 0 Å². The Morgan fingerprint density at radius 2 is 2.07 bits per heavy atom. The van der Waals surface area contributed by atoms with Crippen LogP contribution in [0.4, 0.5) is 0 Å². The highest BCUT2D eigenvalue weighted by Gasteiger charge is 2.18. The third-order valence-corrected chi connectivity index (χ3v) is 6.59. The molecule has 1 atom stereocenters. The molecule has 1 amide bonds. The van der Waals surface area contributed by atoms with Crippen molar-refractivity contribution in [1.82, 2.24) is 19.6 Å². The Bertz CT molecular complexity index is 1070. The van der Waals surface area contributed by atoms with Gasteiger partial charge in [-0.2, -0.15) is 0 Å². The second kappa shape index (κ2) is 7.42. The number of carbonyl (C=O) groups is 1. The summed E-state index contributed by atoms with van der Waals surface area (Å²) < 4.78 is 2.03. The van der Waals surface area contributed by atoms with Gasteiger partial charge >= 0.3 is 0 Å². The molecule has 3 heterocycles. The number of hydrogen-bond donors (Lipinski definition) is 1. The fourth-order valence-corrected chi connectivity index (χ4v) is 4.93. The van der Waals surface area contributed by atoms with Crippen molar-refractivity contribution >= 4 is 43.9 Å². The molecule has 7 heteroatoms. The van der Waals surface area contributed by atoms with Crippen LogP contribution in [0.25, 0.3) is 15.3 Å². The van der Waals surface area contributed by atoms with E-state index in [0.717, 1.165) is 21.7 Å². The third kappa shape index (κ3) is 3.50. The van der Waals surface area contributed by atoms with Crippen LogP contribution in [-0.2, 0) is 6.42 Å². The monoisotopic (exact) mass is 398 g/mol. The molecule has 0 aliphatic rings. The number of carbonyl (C=O) groups excluding carboxylic acids is 1. The number of likely N-dealkylation sites (N-methyl/N-ethyl adjacent to an activating group) is 1. The number of imidazole rings is 1. The van der Waals surface area contributed by atoms with Crippen molar-refractivity contribution in [3.63, 3.8) is 0 Å². The average Bonchev–Trinajstić information content (AvgIpc) is 3.34. The Kier molecular flexibility index (Phi) is 4.99. The maximum absolute atomic E-state index is 12.7. The van der Waals surface area contributed by atoms with E-state index in [9.17, 15) is 4.79 Å². The van der Waals surface area contributed by atoms with Gasteiger partial charge in [0.2, 0.25) is 0 Å². The summed E-state index contributed by atoms with van der Waals surface area (Å²) >= 11 is 3.05. The van der Waals surface area contributed by atoms with E-state index in [1.165, 1.54) is 22.5 Å². The summed E-state index contributed by atoms with van der Waals surface area (Å²) in [6.07, 6.45) is 3.02. The Hall–Kier alpha value is -2.22. The lowest BCUT2D eigenvalue weighted by Gasteiger charge is -2.25. The van der Waals surface area contributed by atoms with Crippen LogP contribution in [0.2, 0.25) is 0 Å². The van der Waals surface area contributed by atoms with Gasteiger partial charge in [-0.15, -0.1) is 22.7 Å². The van der Waals surface area contributed by atoms with Gasteiger partial charge in [0.15, 0.2) is 4.96 Å². The number of aromatic nitrogens is 2. The van der Waals surface area contributed by atoms with Gasteiger partial charge < -0.3 is 10.2 Å². The SMILES string of the molecule is CCc1ccc(C(CNC(=O)c2cc3c(nc4sccn43)s2)N(C)C)cc1. The summed E-state index contributed by atoms with van der Waals surface area (Å²) in [5, 5.41) is 5.10. The second-order valence-corrected chi connectivity index (χ2v) is 8.66. The van der Waals surface area contributed by atoms with Crippen LogP contribution >= 0.6 is 22.7 Å². The van der Waals surface area contributed by atoms with Crippen molar-refractivity contribution in [2.45, 2.75) is 19.4 Å². The van der Waals surface area contributed by atoms with E-state index in [1.807, 2.05) is 36.1 Å². The van der Waals surface area contributed by atoms with Crippen LogP contribution in [0.3, 0.4) is 0 Å². The van der Waals surface area contributed by atoms with Crippen molar-refractivity contribution in [2.75, 3.05) is 20.6 Å². The lowest BCUT2D eigenvalue weighted by Crippen LogP contribution is -2.34. The lowest BCUT2D eigenvalue weighted by atomic mass is 10.0. The number of thiophene rings is 1. The summed E-state index contributed by atoms with van der Waals surface area (Å²) in [5.41, 5.74) is 3.53. The quantitative estimate of drug-likeness (QED) is 0.529. The van der Waals surface area contributed by atoms with E-state index in [0.29, 0.717) is 11.4 Å². The molecule has 1 N–H and O–H groups in total. The minimum Gasteiger partial charge on any atom is -0.349 e. The molecule has 0 saturated carbocycles. The highest BCUT2D eigenvalue weighted by molar-refractivity contribution is 7.21. The first-order valence-electron chi connectivity index (χ1n) is 8.95. The Morgan fingerprint density at radius 3 is 2.78 bits per heavy atom. The lowest BCUT2D eigenvalue weighted by molar-refractivity contribution is 0.0946. The minimum absolute atomic E-state index is 0.0426. The van der Waals surface area contributed by atoms with Gasteiger partial charge in [0, 0.05) is 18.1 Å². The molecule has 1 unspecified atom stereocenters. The summed E-state index contributed by atoms with van der Waals surface area (Å²) in [6, 6.07) is 10.7. The largest absolute Gasteiger partial charge is 0.349 e. The minimum atomic E-state index is -0.0426. The number of aryl methyl sites for hydroxylation is 1. The number of fused-ring (bicyclic) bond motifs is 3. The Balaban J connectivity index is 1.49. The van der Waals surface area contributed by atoms with Crippen molar-refractivity contribution < 1.29 is 4.79 Å². The molecule has 4 aromatic rings. The molecular formula is C20H22N4OS2. The van der Waals surface area contributed by atoms with Crippen molar-refractivity contribution in [2.24, 2.45) is 0 Å².